The van der Waals surface area contributed by atoms with Crippen molar-refractivity contribution in [1.29, 1.82) is 0 Å². The lowest BCUT2D eigenvalue weighted by Crippen LogP contribution is -2.38. The summed E-state index contributed by atoms with van der Waals surface area (Å²) in [5, 5.41) is 0. The Morgan fingerprint density at radius 2 is 2.08 bits per heavy atom. The summed E-state index contributed by atoms with van der Waals surface area (Å²) in [7, 11) is 0. The first kappa shape index (κ1) is 12.7. The van der Waals surface area contributed by atoms with Crippen molar-refractivity contribution in [2.75, 3.05) is 6.61 Å². The number of nitrogens with two attached hydrogens (primary N) is 1. The Morgan fingerprint density at radius 1 is 1.46 bits per heavy atom. The van der Waals surface area contributed by atoms with Crippen LogP contribution in [-0.2, 0) is 9.53 Å². The number of esters is 1. The molecule has 2 atom stereocenters. The molecular weight excluding hydrogens is 190 g/mol. The molecule has 1 fully saturated rings. The Kier molecular flexibility index (Phi) is 6.08. The maximum atomic E-state index is 11.3. The number of rotatable bonds is 2. The van der Waals surface area contributed by atoms with Crippen molar-refractivity contribution in [2.45, 2.75) is 38.6 Å². The van der Waals surface area contributed by atoms with Crippen molar-refractivity contribution in [3.8, 4) is 0 Å². The number of ether oxygens (including phenoxy) is 1. The third-order valence-electron chi connectivity index (χ3n) is 2.41. The van der Waals surface area contributed by atoms with E-state index in [1.165, 1.54) is 0 Å². The van der Waals surface area contributed by atoms with E-state index in [9.17, 15) is 4.79 Å². The van der Waals surface area contributed by atoms with Crippen LogP contribution in [0, 0.1) is 5.92 Å². The summed E-state index contributed by atoms with van der Waals surface area (Å²) in [6.07, 6.45) is 4.12. The fraction of sp³-hybridized carbons (Fsp3) is 0.889. The molecule has 4 heteroatoms. The van der Waals surface area contributed by atoms with Gasteiger partial charge in [0.05, 0.1) is 12.5 Å². The Hall–Kier alpha value is -0.280. The molecule has 1 saturated carbocycles. The van der Waals surface area contributed by atoms with Crippen LogP contribution in [0.5, 0.6) is 0 Å². The number of carbonyl (C=O) groups is 1. The van der Waals surface area contributed by atoms with Gasteiger partial charge in [0.1, 0.15) is 0 Å². The Labute approximate surface area is 85.4 Å². The largest absolute Gasteiger partial charge is 0.466 e. The lowest BCUT2D eigenvalue weighted by atomic mass is 9.85. The van der Waals surface area contributed by atoms with Crippen molar-refractivity contribution in [3.05, 3.63) is 0 Å². The van der Waals surface area contributed by atoms with Gasteiger partial charge in [-0.2, -0.15) is 0 Å². The first-order valence-electron chi connectivity index (χ1n) is 4.68. The summed E-state index contributed by atoms with van der Waals surface area (Å²) in [6, 6.07) is 0.0257. The van der Waals surface area contributed by atoms with Gasteiger partial charge in [0.2, 0.25) is 0 Å². The minimum Gasteiger partial charge on any atom is -0.466 e. The summed E-state index contributed by atoms with van der Waals surface area (Å²) in [4.78, 5) is 11.3. The molecule has 0 heterocycles. The second-order valence-electron chi connectivity index (χ2n) is 3.31. The summed E-state index contributed by atoms with van der Waals surface area (Å²) in [5.41, 5.74) is 5.81. The molecular formula is C9H18ClNO2. The zero-order valence-corrected chi connectivity index (χ0v) is 8.81. The topological polar surface area (TPSA) is 52.3 Å². The maximum Gasteiger partial charge on any atom is 0.310 e. The first-order chi connectivity index (χ1) is 5.75. The van der Waals surface area contributed by atoms with Crippen molar-refractivity contribution in [3.63, 3.8) is 0 Å². The van der Waals surface area contributed by atoms with E-state index in [2.05, 4.69) is 0 Å². The summed E-state index contributed by atoms with van der Waals surface area (Å²) in [5.74, 6) is -0.150. The summed E-state index contributed by atoms with van der Waals surface area (Å²) in [6.45, 7) is 2.29. The quantitative estimate of drug-likeness (QED) is 0.699. The van der Waals surface area contributed by atoms with Gasteiger partial charge in [-0.25, -0.2) is 0 Å². The van der Waals surface area contributed by atoms with E-state index in [-0.39, 0.29) is 30.3 Å². The van der Waals surface area contributed by atoms with Gasteiger partial charge in [-0.3, -0.25) is 4.79 Å². The molecule has 0 aromatic heterocycles. The average molecular weight is 208 g/mol. The molecule has 13 heavy (non-hydrogen) atoms. The van der Waals surface area contributed by atoms with Crippen LogP contribution >= 0.6 is 12.4 Å². The van der Waals surface area contributed by atoms with E-state index in [1.54, 1.807) is 0 Å². The standard InChI is InChI=1S/C9H17NO2.ClH/c1-2-12-9(11)7-5-3-4-6-8(7)10;/h7-8H,2-6,10H2,1H3;1H/t7-,8+;/m1./s1. The van der Waals surface area contributed by atoms with E-state index >= 15 is 0 Å². The highest BCUT2D eigenvalue weighted by atomic mass is 35.5. The van der Waals surface area contributed by atoms with E-state index in [0.717, 1.165) is 25.7 Å². The molecule has 0 spiro atoms. The third kappa shape index (κ3) is 3.53. The van der Waals surface area contributed by atoms with Crippen molar-refractivity contribution in [1.82, 2.24) is 0 Å². The van der Waals surface area contributed by atoms with Gasteiger partial charge in [-0.05, 0) is 19.8 Å². The fourth-order valence-corrected chi connectivity index (χ4v) is 1.70. The Balaban J connectivity index is 0.00000144. The van der Waals surface area contributed by atoms with Crippen LogP contribution in [0.1, 0.15) is 32.6 Å². The zero-order chi connectivity index (χ0) is 8.97. The lowest BCUT2D eigenvalue weighted by Gasteiger charge is -2.26. The van der Waals surface area contributed by atoms with E-state index < -0.39 is 0 Å². The van der Waals surface area contributed by atoms with E-state index in [0.29, 0.717) is 6.61 Å². The predicted octanol–water partition coefficient (Wildman–Crippen LogP) is 1.49. The van der Waals surface area contributed by atoms with Gasteiger partial charge in [-0.1, -0.05) is 12.8 Å². The van der Waals surface area contributed by atoms with Crippen LogP contribution in [0.4, 0.5) is 0 Å². The molecule has 78 valence electrons. The van der Waals surface area contributed by atoms with Crippen LogP contribution in [0.2, 0.25) is 0 Å². The SMILES string of the molecule is CCOC(=O)[C@@H]1CCCC[C@@H]1N.Cl. The summed E-state index contributed by atoms with van der Waals surface area (Å²) >= 11 is 0. The minimum absolute atomic E-state index is 0. The van der Waals surface area contributed by atoms with Gasteiger partial charge in [0, 0.05) is 6.04 Å². The second kappa shape index (κ2) is 6.22. The highest BCUT2D eigenvalue weighted by molar-refractivity contribution is 5.85. The van der Waals surface area contributed by atoms with Crippen molar-refractivity contribution in [2.24, 2.45) is 11.7 Å². The average Bonchev–Trinajstić information content (AvgIpc) is 2.05. The lowest BCUT2D eigenvalue weighted by molar-refractivity contribution is -0.149. The molecule has 1 rings (SSSR count). The molecule has 3 nitrogen and oxygen atoms in total. The number of carbonyl (C=O) groups excluding carboxylic acids is 1. The third-order valence-corrected chi connectivity index (χ3v) is 2.41. The molecule has 0 saturated heterocycles. The van der Waals surface area contributed by atoms with Gasteiger partial charge < -0.3 is 10.5 Å². The Morgan fingerprint density at radius 3 is 2.62 bits per heavy atom. The molecule has 0 unspecified atom stereocenters. The fourth-order valence-electron chi connectivity index (χ4n) is 1.70. The minimum atomic E-state index is -0.107. The number of hydrogen-bond donors (Lipinski definition) is 1. The molecule has 0 bridgehead atoms. The van der Waals surface area contributed by atoms with Crippen LogP contribution in [0.3, 0.4) is 0 Å². The Bertz CT molecular complexity index is 164. The highest BCUT2D eigenvalue weighted by Gasteiger charge is 2.28. The molecule has 2 N–H and O–H groups in total. The van der Waals surface area contributed by atoms with Gasteiger partial charge in [-0.15, -0.1) is 12.4 Å². The monoisotopic (exact) mass is 207 g/mol. The van der Waals surface area contributed by atoms with Gasteiger partial charge in [0.25, 0.3) is 0 Å². The zero-order valence-electron chi connectivity index (χ0n) is 7.99. The van der Waals surface area contributed by atoms with Crippen LogP contribution in [0.15, 0.2) is 0 Å². The van der Waals surface area contributed by atoms with Crippen molar-refractivity contribution < 1.29 is 9.53 Å². The molecule has 0 radical (unpaired) electrons. The summed E-state index contributed by atoms with van der Waals surface area (Å²) < 4.78 is 4.93. The molecule has 1 aliphatic carbocycles. The van der Waals surface area contributed by atoms with Gasteiger partial charge in [0.15, 0.2) is 0 Å². The van der Waals surface area contributed by atoms with Crippen LogP contribution in [0.25, 0.3) is 0 Å². The molecule has 0 aromatic carbocycles. The van der Waals surface area contributed by atoms with Crippen LogP contribution < -0.4 is 5.73 Å². The molecule has 0 amide bonds. The maximum absolute atomic E-state index is 11.3. The number of hydrogen-bond acceptors (Lipinski definition) is 3. The first-order valence-corrected chi connectivity index (χ1v) is 4.68. The molecule has 1 aliphatic rings. The molecule has 0 aromatic rings. The van der Waals surface area contributed by atoms with E-state index in [4.69, 9.17) is 10.5 Å². The number of halogens is 1. The van der Waals surface area contributed by atoms with Gasteiger partial charge >= 0.3 is 5.97 Å². The van der Waals surface area contributed by atoms with Crippen LogP contribution in [-0.4, -0.2) is 18.6 Å². The predicted molar refractivity (Wildman–Crippen MR) is 53.8 cm³/mol. The molecule has 0 aliphatic heterocycles. The normalized spacial score (nSPS) is 27.5. The van der Waals surface area contributed by atoms with E-state index in [1.807, 2.05) is 6.92 Å². The smallest absolute Gasteiger partial charge is 0.310 e. The van der Waals surface area contributed by atoms with Crippen molar-refractivity contribution >= 4 is 18.4 Å². The highest BCUT2D eigenvalue weighted by Crippen LogP contribution is 2.23. The second-order valence-corrected chi connectivity index (χ2v) is 3.31.